The van der Waals surface area contributed by atoms with E-state index in [1.54, 1.807) is 26.0 Å². The van der Waals surface area contributed by atoms with E-state index in [9.17, 15) is 0 Å². The summed E-state index contributed by atoms with van der Waals surface area (Å²) in [6.45, 7) is 1.97. The van der Waals surface area contributed by atoms with E-state index in [1.807, 2.05) is 19.1 Å². The van der Waals surface area contributed by atoms with E-state index < -0.39 is 0 Å². The minimum atomic E-state index is 0.602. The van der Waals surface area contributed by atoms with Gasteiger partial charge in [0, 0.05) is 11.3 Å². The van der Waals surface area contributed by atoms with Gasteiger partial charge in [0.1, 0.15) is 11.5 Å². The maximum absolute atomic E-state index is 5.71. The summed E-state index contributed by atoms with van der Waals surface area (Å²) in [6.07, 6.45) is 0. The van der Waals surface area contributed by atoms with Gasteiger partial charge in [-0.15, -0.1) is 11.8 Å². The van der Waals surface area contributed by atoms with Crippen molar-refractivity contribution in [2.24, 2.45) is 0 Å². The van der Waals surface area contributed by atoms with Gasteiger partial charge < -0.3 is 15.2 Å². The summed E-state index contributed by atoms with van der Waals surface area (Å²) in [5, 5.41) is 0.602. The molecular weight excluding hydrogens is 360 g/mol. The lowest BCUT2D eigenvalue weighted by Gasteiger charge is -2.11. The lowest BCUT2D eigenvalue weighted by molar-refractivity contribution is 0.398. The molecule has 0 spiro atoms. The lowest BCUT2D eigenvalue weighted by atomic mass is 10.2. The highest BCUT2D eigenvalue weighted by atomic mass is 79.9. The van der Waals surface area contributed by atoms with Gasteiger partial charge in [0.15, 0.2) is 5.13 Å². The van der Waals surface area contributed by atoms with Gasteiger partial charge in [0.2, 0.25) is 0 Å². The number of hydrogen-bond acceptors (Lipinski definition) is 6. The molecule has 0 unspecified atom stereocenters. The second-order valence-electron chi connectivity index (χ2n) is 4.01. The Morgan fingerprint density at radius 3 is 2.55 bits per heavy atom. The fourth-order valence-electron chi connectivity index (χ4n) is 1.72. The van der Waals surface area contributed by atoms with Crippen LogP contribution in [0.5, 0.6) is 11.5 Å². The van der Waals surface area contributed by atoms with Gasteiger partial charge in [-0.2, -0.15) is 0 Å². The van der Waals surface area contributed by atoms with Crippen LogP contribution in [0.15, 0.2) is 20.8 Å². The lowest BCUT2D eigenvalue weighted by Crippen LogP contribution is -1.93. The number of rotatable bonds is 5. The predicted octanol–water partition coefficient (Wildman–Crippen LogP) is 4.11. The van der Waals surface area contributed by atoms with Crippen molar-refractivity contribution in [1.82, 2.24) is 4.98 Å². The van der Waals surface area contributed by atoms with Gasteiger partial charge >= 0.3 is 0 Å². The zero-order valence-electron chi connectivity index (χ0n) is 11.4. The molecule has 7 heteroatoms. The third-order valence-electron chi connectivity index (χ3n) is 2.68. The standard InChI is InChI=1S/C13H15BrN2O2S2/c1-7-12(20-13(15)16-7)19-6-8-4-11(18-3)9(14)5-10(8)17-2/h4-5H,6H2,1-3H3,(H2,15,16). The van der Waals surface area contributed by atoms with Crippen LogP contribution in [0.3, 0.4) is 0 Å². The average Bonchev–Trinajstić information content (AvgIpc) is 2.75. The van der Waals surface area contributed by atoms with Crippen LogP contribution < -0.4 is 15.2 Å². The van der Waals surface area contributed by atoms with Gasteiger partial charge in [-0.1, -0.05) is 11.3 Å². The molecule has 2 N–H and O–H groups in total. The summed E-state index contributed by atoms with van der Waals surface area (Å²) in [5.41, 5.74) is 7.76. The summed E-state index contributed by atoms with van der Waals surface area (Å²) in [4.78, 5) is 4.23. The number of methoxy groups -OCH3 is 2. The number of benzene rings is 1. The minimum absolute atomic E-state index is 0.602. The summed E-state index contributed by atoms with van der Waals surface area (Å²) in [7, 11) is 3.32. The Bertz CT molecular complexity index is 617. The molecule has 0 radical (unpaired) electrons. The van der Waals surface area contributed by atoms with Crippen LogP contribution in [-0.4, -0.2) is 19.2 Å². The van der Waals surface area contributed by atoms with E-state index in [-0.39, 0.29) is 0 Å². The molecule has 0 saturated heterocycles. The summed E-state index contributed by atoms with van der Waals surface area (Å²) in [5.74, 6) is 2.40. The topological polar surface area (TPSA) is 57.4 Å². The molecule has 2 aromatic rings. The highest BCUT2D eigenvalue weighted by molar-refractivity contribution is 9.10. The normalized spacial score (nSPS) is 10.6. The van der Waals surface area contributed by atoms with E-state index in [0.29, 0.717) is 5.13 Å². The Morgan fingerprint density at radius 2 is 2.00 bits per heavy atom. The molecule has 108 valence electrons. The van der Waals surface area contributed by atoms with Crippen molar-refractivity contribution >= 4 is 44.2 Å². The Hall–Kier alpha value is -0.920. The molecule has 20 heavy (non-hydrogen) atoms. The van der Waals surface area contributed by atoms with Crippen LogP contribution in [0, 0.1) is 6.92 Å². The monoisotopic (exact) mass is 374 g/mol. The molecule has 0 amide bonds. The van der Waals surface area contributed by atoms with Crippen LogP contribution in [0.4, 0.5) is 5.13 Å². The Labute approximate surface area is 134 Å². The second-order valence-corrected chi connectivity index (χ2v) is 7.14. The van der Waals surface area contributed by atoms with Crippen LogP contribution in [0.25, 0.3) is 0 Å². The molecular formula is C13H15BrN2O2S2. The molecule has 0 bridgehead atoms. The van der Waals surface area contributed by atoms with Gasteiger partial charge in [-0.3, -0.25) is 0 Å². The van der Waals surface area contributed by atoms with Crippen LogP contribution in [0.2, 0.25) is 0 Å². The Balaban J connectivity index is 2.22. The van der Waals surface area contributed by atoms with Crippen molar-refractivity contribution in [1.29, 1.82) is 0 Å². The number of halogens is 1. The molecule has 0 atom stereocenters. The number of nitrogen functional groups attached to an aromatic ring is 1. The third kappa shape index (κ3) is 3.39. The first kappa shape index (κ1) is 15.5. The highest BCUT2D eigenvalue weighted by Gasteiger charge is 2.12. The minimum Gasteiger partial charge on any atom is -0.496 e. The Kier molecular flexibility index (Phi) is 5.17. The summed E-state index contributed by atoms with van der Waals surface area (Å²) in [6, 6.07) is 3.90. The van der Waals surface area contributed by atoms with E-state index in [0.717, 1.165) is 37.2 Å². The molecule has 1 aromatic heterocycles. The first-order valence-corrected chi connectivity index (χ1v) is 8.40. The molecule has 0 fully saturated rings. The number of ether oxygens (including phenoxy) is 2. The molecule has 1 aromatic carbocycles. The number of hydrogen-bond donors (Lipinski definition) is 1. The Morgan fingerprint density at radius 1 is 1.30 bits per heavy atom. The zero-order valence-corrected chi connectivity index (χ0v) is 14.6. The smallest absolute Gasteiger partial charge is 0.181 e. The van der Waals surface area contributed by atoms with Gasteiger partial charge in [-0.05, 0) is 35.0 Å². The molecule has 2 rings (SSSR count). The summed E-state index contributed by atoms with van der Waals surface area (Å²) >= 11 is 6.67. The maximum atomic E-state index is 5.71. The van der Waals surface area contributed by atoms with Crippen molar-refractivity contribution in [3.05, 3.63) is 27.9 Å². The molecule has 0 aliphatic heterocycles. The third-order valence-corrected chi connectivity index (χ3v) is 5.70. The largest absolute Gasteiger partial charge is 0.496 e. The molecule has 4 nitrogen and oxygen atoms in total. The molecule has 1 heterocycles. The number of aryl methyl sites for hydroxylation is 1. The zero-order chi connectivity index (χ0) is 14.7. The average molecular weight is 375 g/mol. The van der Waals surface area contributed by atoms with Crippen molar-refractivity contribution in [3.8, 4) is 11.5 Å². The molecule has 0 saturated carbocycles. The highest BCUT2D eigenvalue weighted by Crippen LogP contribution is 2.38. The number of anilines is 1. The number of thiazole rings is 1. The van der Waals surface area contributed by atoms with Gasteiger partial charge in [0.05, 0.1) is 28.6 Å². The van der Waals surface area contributed by atoms with Gasteiger partial charge in [0.25, 0.3) is 0 Å². The van der Waals surface area contributed by atoms with Crippen molar-refractivity contribution < 1.29 is 9.47 Å². The van der Waals surface area contributed by atoms with Crippen molar-refractivity contribution in [2.45, 2.75) is 16.9 Å². The maximum Gasteiger partial charge on any atom is 0.181 e. The van der Waals surface area contributed by atoms with Crippen molar-refractivity contribution in [3.63, 3.8) is 0 Å². The fourth-order valence-corrected chi connectivity index (χ4v) is 4.20. The van der Waals surface area contributed by atoms with E-state index in [2.05, 4.69) is 20.9 Å². The molecule has 0 aliphatic carbocycles. The fraction of sp³-hybridized carbons (Fsp3) is 0.308. The summed E-state index contributed by atoms with van der Waals surface area (Å²) < 4.78 is 12.7. The first-order chi connectivity index (χ1) is 9.55. The second kappa shape index (κ2) is 6.69. The number of nitrogens with zero attached hydrogens (tertiary/aromatic N) is 1. The number of thioether (sulfide) groups is 1. The van der Waals surface area contributed by atoms with Gasteiger partial charge in [-0.25, -0.2) is 4.98 Å². The van der Waals surface area contributed by atoms with Crippen LogP contribution in [0.1, 0.15) is 11.3 Å². The van der Waals surface area contributed by atoms with Crippen molar-refractivity contribution in [2.75, 3.05) is 20.0 Å². The van der Waals surface area contributed by atoms with Crippen LogP contribution in [-0.2, 0) is 5.75 Å². The SMILES string of the molecule is COc1cc(CSc2sc(N)nc2C)c(OC)cc1Br. The quantitative estimate of drug-likeness (QED) is 0.798. The van der Waals surface area contributed by atoms with E-state index in [1.165, 1.54) is 11.3 Å². The van der Waals surface area contributed by atoms with E-state index >= 15 is 0 Å². The van der Waals surface area contributed by atoms with E-state index in [4.69, 9.17) is 15.2 Å². The number of nitrogens with two attached hydrogens (primary N) is 1. The first-order valence-electron chi connectivity index (χ1n) is 5.81. The molecule has 0 aliphatic rings. The van der Waals surface area contributed by atoms with Crippen LogP contribution >= 0.6 is 39.0 Å². The predicted molar refractivity (Wildman–Crippen MR) is 88.1 cm³/mol. The number of aromatic nitrogens is 1.